The van der Waals surface area contributed by atoms with E-state index in [9.17, 15) is 4.79 Å². The Morgan fingerprint density at radius 2 is 1.81 bits per heavy atom. The number of amides is 1. The first kappa shape index (κ1) is 18.2. The van der Waals surface area contributed by atoms with Gasteiger partial charge >= 0.3 is 0 Å². The molecule has 2 N–H and O–H groups in total. The number of carbonyl (C=O) groups excluding carboxylic acids is 1. The summed E-state index contributed by atoms with van der Waals surface area (Å²) in [6, 6.07) is 14.9. The summed E-state index contributed by atoms with van der Waals surface area (Å²) < 4.78 is 10.4. The fourth-order valence-electron chi connectivity index (χ4n) is 2.47. The van der Waals surface area contributed by atoms with E-state index in [1.54, 1.807) is 32.4 Å². The van der Waals surface area contributed by atoms with E-state index in [2.05, 4.69) is 20.7 Å². The van der Waals surface area contributed by atoms with E-state index in [-0.39, 0.29) is 5.91 Å². The molecular formula is C20H20N4O3. The molecule has 0 saturated carbocycles. The van der Waals surface area contributed by atoms with E-state index in [0.717, 1.165) is 16.7 Å². The van der Waals surface area contributed by atoms with Crippen LogP contribution >= 0.6 is 0 Å². The largest absolute Gasteiger partial charge is 0.493 e. The molecule has 3 rings (SSSR count). The molecule has 1 aromatic heterocycles. The number of H-pyrrole nitrogens is 1. The summed E-state index contributed by atoms with van der Waals surface area (Å²) in [7, 11) is 3.13. The van der Waals surface area contributed by atoms with Crippen LogP contribution in [0, 0.1) is 6.92 Å². The van der Waals surface area contributed by atoms with Gasteiger partial charge in [0.1, 0.15) is 5.69 Å². The third kappa shape index (κ3) is 4.33. The lowest BCUT2D eigenvalue weighted by molar-refractivity contribution is 0.0950. The number of nitrogens with zero attached hydrogens (tertiary/aromatic N) is 2. The maximum Gasteiger partial charge on any atom is 0.289 e. The monoisotopic (exact) mass is 364 g/mol. The Balaban J connectivity index is 1.66. The van der Waals surface area contributed by atoms with Crippen molar-refractivity contribution >= 4 is 12.1 Å². The predicted octanol–water partition coefficient (Wildman–Crippen LogP) is 3.17. The molecule has 138 valence electrons. The highest BCUT2D eigenvalue weighted by Crippen LogP contribution is 2.26. The minimum Gasteiger partial charge on any atom is -0.493 e. The Kier molecular flexibility index (Phi) is 5.51. The van der Waals surface area contributed by atoms with Gasteiger partial charge in [-0.05, 0) is 36.8 Å². The van der Waals surface area contributed by atoms with Crippen LogP contribution in [0.3, 0.4) is 0 Å². The van der Waals surface area contributed by atoms with Crippen molar-refractivity contribution in [1.82, 2.24) is 15.6 Å². The molecule has 0 saturated heterocycles. The number of hydrogen-bond donors (Lipinski definition) is 2. The van der Waals surface area contributed by atoms with Gasteiger partial charge in [-0.3, -0.25) is 9.89 Å². The van der Waals surface area contributed by atoms with Crippen LogP contribution in [0.15, 0.2) is 53.6 Å². The van der Waals surface area contributed by atoms with Crippen LogP contribution in [0.5, 0.6) is 11.5 Å². The summed E-state index contributed by atoms with van der Waals surface area (Å²) in [5.41, 5.74) is 6.36. The molecule has 0 radical (unpaired) electrons. The number of benzene rings is 2. The van der Waals surface area contributed by atoms with Crippen molar-refractivity contribution in [3.05, 3.63) is 65.4 Å². The number of aromatic amines is 1. The molecule has 1 amide bonds. The quantitative estimate of drug-likeness (QED) is 0.519. The minimum atomic E-state index is -0.377. The maximum absolute atomic E-state index is 12.2. The van der Waals surface area contributed by atoms with E-state index < -0.39 is 0 Å². The van der Waals surface area contributed by atoms with Crippen molar-refractivity contribution in [2.45, 2.75) is 6.92 Å². The molecule has 0 unspecified atom stereocenters. The van der Waals surface area contributed by atoms with Gasteiger partial charge in [-0.1, -0.05) is 29.8 Å². The number of hydrazone groups is 1. The normalized spacial score (nSPS) is 10.8. The van der Waals surface area contributed by atoms with Gasteiger partial charge in [0.15, 0.2) is 11.5 Å². The molecule has 27 heavy (non-hydrogen) atoms. The molecule has 0 bridgehead atoms. The number of aromatic nitrogens is 2. The first-order chi connectivity index (χ1) is 13.1. The smallest absolute Gasteiger partial charge is 0.289 e. The number of rotatable bonds is 6. The van der Waals surface area contributed by atoms with Crippen molar-refractivity contribution in [3.8, 4) is 22.8 Å². The molecule has 0 atom stereocenters. The van der Waals surface area contributed by atoms with Crippen LogP contribution in [0.25, 0.3) is 11.3 Å². The first-order valence-electron chi connectivity index (χ1n) is 8.28. The molecule has 2 aromatic carbocycles. The van der Waals surface area contributed by atoms with Gasteiger partial charge in [0, 0.05) is 5.56 Å². The SMILES string of the molecule is COc1ccc(C=NNC(=O)c2cc(-c3ccc(C)cc3)n[nH]2)cc1OC. The Morgan fingerprint density at radius 3 is 2.52 bits per heavy atom. The third-order valence-electron chi connectivity index (χ3n) is 3.96. The van der Waals surface area contributed by atoms with Crippen LogP contribution in [0.1, 0.15) is 21.6 Å². The van der Waals surface area contributed by atoms with Gasteiger partial charge < -0.3 is 9.47 Å². The Labute approximate surface area is 157 Å². The zero-order chi connectivity index (χ0) is 19.2. The lowest BCUT2D eigenvalue weighted by Crippen LogP contribution is -2.18. The zero-order valence-corrected chi connectivity index (χ0v) is 15.3. The highest BCUT2D eigenvalue weighted by Gasteiger charge is 2.10. The van der Waals surface area contributed by atoms with E-state index in [1.807, 2.05) is 37.3 Å². The van der Waals surface area contributed by atoms with Gasteiger partial charge in [-0.25, -0.2) is 5.43 Å². The summed E-state index contributed by atoms with van der Waals surface area (Å²) in [6.07, 6.45) is 1.52. The highest BCUT2D eigenvalue weighted by molar-refractivity contribution is 5.94. The fourth-order valence-corrected chi connectivity index (χ4v) is 2.47. The van der Waals surface area contributed by atoms with Gasteiger partial charge in [0.2, 0.25) is 0 Å². The number of ether oxygens (including phenoxy) is 2. The number of methoxy groups -OCH3 is 2. The Bertz CT molecular complexity index is 962. The molecule has 3 aromatic rings. The fraction of sp³-hybridized carbons (Fsp3) is 0.150. The van der Waals surface area contributed by atoms with Crippen molar-refractivity contribution in [2.24, 2.45) is 5.10 Å². The molecule has 7 nitrogen and oxygen atoms in total. The van der Waals surface area contributed by atoms with Gasteiger partial charge in [0.05, 0.1) is 26.1 Å². The van der Waals surface area contributed by atoms with Crippen LogP contribution in [-0.2, 0) is 0 Å². The minimum absolute atomic E-state index is 0.329. The summed E-state index contributed by atoms with van der Waals surface area (Å²) in [5, 5.41) is 10.9. The van der Waals surface area contributed by atoms with Crippen molar-refractivity contribution in [1.29, 1.82) is 0 Å². The maximum atomic E-state index is 12.2. The zero-order valence-electron chi connectivity index (χ0n) is 15.3. The number of carbonyl (C=O) groups is 1. The van der Waals surface area contributed by atoms with Gasteiger partial charge in [0.25, 0.3) is 5.91 Å². The Morgan fingerprint density at radius 1 is 1.07 bits per heavy atom. The second-order valence-electron chi connectivity index (χ2n) is 5.85. The number of aryl methyl sites for hydroxylation is 1. The van der Waals surface area contributed by atoms with Crippen LogP contribution < -0.4 is 14.9 Å². The standard InChI is InChI=1S/C20H20N4O3/c1-13-4-7-15(8-5-13)16-11-17(23-22-16)20(25)24-21-12-14-6-9-18(26-2)19(10-14)27-3/h4-12H,1-3H3,(H,22,23)(H,24,25). The average molecular weight is 364 g/mol. The predicted molar refractivity (Wildman–Crippen MR) is 103 cm³/mol. The molecule has 0 aliphatic heterocycles. The van der Waals surface area contributed by atoms with Crippen LogP contribution in [0.2, 0.25) is 0 Å². The van der Waals surface area contributed by atoms with E-state index >= 15 is 0 Å². The highest BCUT2D eigenvalue weighted by atomic mass is 16.5. The molecule has 0 spiro atoms. The van der Waals surface area contributed by atoms with Gasteiger partial charge in [-0.15, -0.1) is 0 Å². The van der Waals surface area contributed by atoms with Crippen molar-refractivity contribution in [3.63, 3.8) is 0 Å². The molecule has 0 aliphatic rings. The second kappa shape index (κ2) is 8.18. The van der Waals surface area contributed by atoms with Crippen LogP contribution in [-0.4, -0.2) is 36.5 Å². The van der Waals surface area contributed by atoms with E-state index in [4.69, 9.17) is 9.47 Å². The molecular weight excluding hydrogens is 344 g/mol. The third-order valence-corrected chi connectivity index (χ3v) is 3.96. The average Bonchev–Trinajstić information content (AvgIpc) is 3.18. The summed E-state index contributed by atoms with van der Waals surface area (Å²) in [6.45, 7) is 2.02. The summed E-state index contributed by atoms with van der Waals surface area (Å²) >= 11 is 0. The second-order valence-corrected chi connectivity index (χ2v) is 5.85. The molecule has 7 heteroatoms. The Hall–Kier alpha value is -3.61. The molecule has 1 heterocycles. The van der Waals surface area contributed by atoms with Crippen molar-refractivity contribution < 1.29 is 14.3 Å². The first-order valence-corrected chi connectivity index (χ1v) is 8.28. The topological polar surface area (TPSA) is 88.6 Å². The molecule has 0 fully saturated rings. The molecule has 0 aliphatic carbocycles. The summed E-state index contributed by atoms with van der Waals surface area (Å²) in [4.78, 5) is 12.2. The van der Waals surface area contributed by atoms with E-state index in [1.165, 1.54) is 6.21 Å². The lowest BCUT2D eigenvalue weighted by Gasteiger charge is -2.07. The van der Waals surface area contributed by atoms with Gasteiger partial charge in [-0.2, -0.15) is 10.2 Å². The number of nitrogens with one attached hydrogen (secondary N) is 2. The summed E-state index contributed by atoms with van der Waals surface area (Å²) in [5.74, 6) is 0.835. The van der Waals surface area contributed by atoms with Crippen molar-refractivity contribution in [2.75, 3.05) is 14.2 Å². The lowest BCUT2D eigenvalue weighted by atomic mass is 10.1. The van der Waals surface area contributed by atoms with E-state index in [0.29, 0.717) is 22.9 Å². The number of hydrogen-bond acceptors (Lipinski definition) is 5. The van der Waals surface area contributed by atoms with Crippen LogP contribution in [0.4, 0.5) is 0 Å².